The molecule has 2 rings (SSSR count). The lowest BCUT2D eigenvalue weighted by Gasteiger charge is -2.02. The first-order chi connectivity index (χ1) is 7.74. The fourth-order valence-corrected chi connectivity index (χ4v) is 2.23. The molecule has 4 heteroatoms. The van der Waals surface area contributed by atoms with Crippen LogP contribution in [0.5, 0.6) is 0 Å². The van der Waals surface area contributed by atoms with Crippen LogP contribution >= 0.6 is 23.4 Å². The summed E-state index contributed by atoms with van der Waals surface area (Å²) in [5.74, 6) is 0.869. The van der Waals surface area contributed by atoms with Crippen molar-refractivity contribution in [1.29, 1.82) is 0 Å². The van der Waals surface area contributed by atoms with Gasteiger partial charge >= 0.3 is 0 Å². The summed E-state index contributed by atoms with van der Waals surface area (Å²) in [6, 6.07) is 11.5. The molecule has 16 heavy (non-hydrogen) atoms. The van der Waals surface area contributed by atoms with Crippen LogP contribution in [0.2, 0.25) is 5.02 Å². The van der Waals surface area contributed by atoms with Crippen molar-refractivity contribution in [3.05, 3.63) is 53.2 Å². The molecule has 0 saturated heterocycles. The number of aromatic nitrogens is 1. The van der Waals surface area contributed by atoms with Crippen molar-refractivity contribution in [1.82, 2.24) is 4.98 Å². The fraction of sp³-hybridized carbons (Fsp3) is 0.0833. The molecule has 0 fully saturated rings. The van der Waals surface area contributed by atoms with Crippen LogP contribution in [0.15, 0.2) is 47.6 Å². The lowest BCUT2D eigenvalue weighted by atomic mass is 10.2. The van der Waals surface area contributed by atoms with E-state index < -0.39 is 0 Å². The van der Waals surface area contributed by atoms with Crippen LogP contribution < -0.4 is 5.73 Å². The number of nitrogens with two attached hydrogens (primary N) is 1. The number of nitrogen functional groups attached to an aromatic ring is 1. The highest BCUT2D eigenvalue weighted by molar-refractivity contribution is 7.98. The van der Waals surface area contributed by atoms with Gasteiger partial charge in [0.2, 0.25) is 0 Å². The van der Waals surface area contributed by atoms with E-state index in [-0.39, 0.29) is 0 Å². The molecule has 1 heterocycles. The number of hydrogen-bond donors (Lipinski definition) is 1. The summed E-state index contributed by atoms with van der Waals surface area (Å²) in [5, 5.41) is 1.70. The maximum absolute atomic E-state index is 5.81. The molecule has 0 radical (unpaired) electrons. The molecule has 2 N–H and O–H groups in total. The van der Waals surface area contributed by atoms with Crippen molar-refractivity contribution < 1.29 is 0 Å². The highest BCUT2D eigenvalue weighted by atomic mass is 35.5. The molecule has 1 aromatic heterocycles. The summed E-state index contributed by atoms with van der Waals surface area (Å²) in [7, 11) is 0. The largest absolute Gasteiger partial charge is 0.399 e. The topological polar surface area (TPSA) is 38.9 Å². The average molecular weight is 251 g/mol. The van der Waals surface area contributed by atoms with Crippen molar-refractivity contribution in [3.8, 4) is 0 Å². The van der Waals surface area contributed by atoms with E-state index in [1.165, 1.54) is 5.56 Å². The van der Waals surface area contributed by atoms with E-state index in [0.29, 0.717) is 0 Å². The molecule has 82 valence electrons. The molecule has 0 aliphatic carbocycles. The van der Waals surface area contributed by atoms with Crippen molar-refractivity contribution in [2.45, 2.75) is 10.8 Å². The summed E-state index contributed by atoms with van der Waals surface area (Å²) in [6.07, 6.45) is 1.72. The zero-order valence-electron chi connectivity index (χ0n) is 8.56. The molecular formula is C12H11ClN2S. The number of rotatable bonds is 3. The minimum atomic E-state index is 0.744. The fourth-order valence-electron chi connectivity index (χ4n) is 1.24. The van der Waals surface area contributed by atoms with Gasteiger partial charge in [-0.05, 0) is 29.8 Å². The Morgan fingerprint density at radius 3 is 2.62 bits per heavy atom. The van der Waals surface area contributed by atoms with Crippen LogP contribution in [-0.4, -0.2) is 4.98 Å². The summed E-state index contributed by atoms with van der Waals surface area (Å²) in [6.45, 7) is 0. The van der Waals surface area contributed by atoms with Gasteiger partial charge in [0.25, 0.3) is 0 Å². The van der Waals surface area contributed by atoms with E-state index in [9.17, 15) is 0 Å². The quantitative estimate of drug-likeness (QED) is 0.846. The minimum Gasteiger partial charge on any atom is -0.399 e. The van der Waals surface area contributed by atoms with Crippen LogP contribution in [0.25, 0.3) is 0 Å². The van der Waals surface area contributed by atoms with E-state index >= 15 is 0 Å². The van der Waals surface area contributed by atoms with Crippen molar-refractivity contribution in [2.75, 3.05) is 5.73 Å². The maximum atomic E-state index is 5.81. The van der Waals surface area contributed by atoms with Crippen LogP contribution in [0.3, 0.4) is 0 Å². The molecule has 0 atom stereocenters. The first-order valence-corrected chi connectivity index (χ1v) is 6.19. The predicted octanol–water partition coefficient (Wildman–Crippen LogP) is 3.61. The third-order valence-corrected chi connectivity index (χ3v) is 3.31. The summed E-state index contributed by atoms with van der Waals surface area (Å²) < 4.78 is 0. The molecule has 0 bridgehead atoms. The number of thioether (sulfide) groups is 1. The third-order valence-electron chi connectivity index (χ3n) is 2.06. The summed E-state index contributed by atoms with van der Waals surface area (Å²) in [5.41, 5.74) is 7.64. The molecule has 0 unspecified atom stereocenters. The molecule has 0 saturated carbocycles. The molecule has 2 aromatic rings. The van der Waals surface area contributed by atoms with Gasteiger partial charge in [-0.25, -0.2) is 4.98 Å². The second kappa shape index (κ2) is 5.23. The Balaban J connectivity index is 1.99. The predicted molar refractivity (Wildman–Crippen MR) is 69.7 cm³/mol. The van der Waals surface area contributed by atoms with Gasteiger partial charge in [0.05, 0.1) is 5.03 Å². The van der Waals surface area contributed by atoms with Gasteiger partial charge in [-0.15, -0.1) is 11.8 Å². The Bertz CT molecular complexity index is 471. The van der Waals surface area contributed by atoms with Gasteiger partial charge < -0.3 is 5.73 Å². The molecular weight excluding hydrogens is 240 g/mol. The van der Waals surface area contributed by atoms with Gasteiger partial charge in [-0.2, -0.15) is 0 Å². The average Bonchev–Trinajstić information content (AvgIpc) is 2.28. The van der Waals surface area contributed by atoms with Crippen molar-refractivity contribution in [2.24, 2.45) is 0 Å². The standard InChI is InChI=1S/C12H11ClN2S/c13-10-3-1-9(2-4-10)8-16-12-7-11(14)5-6-15-12/h1-7H,8H2,(H2,14,15). The minimum absolute atomic E-state index is 0.744. The first kappa shape index (κ1) is 11.3. The van der Waals surface area contributed by atoms with E-state index in [2.05, 4.69) is 4.98 Å². The molecule has 1 aromatic carbocycles. The Morgan fingerprint density at radius 2 is 1.94 bits per heavy atom. The number of halogens is 1. The van der Waals surface area contributed by atoms with E-state index in [1.807, 2.05) is 30.3 Å². The van der Waals surface area contributed by atoms with E-state index in [1.54, 1.807) is 24.0 Å². The highest BCUT2D eigenvalue weighted by Gasteiger charge is 1.98. The number of pyridine rings is 1. The Morgan fingerprint density at radius 1 is 1.19 bits per heavy atom. The van der Waals surface area contributed by atoms with Crippen LogP contribution in [-0.2, 0) is 5.75 Å². The molecule has 2 nitrogen and oxygen atoms in total. The summed E-state index contributed by atoms with van der Waals surface area (Å²) in [4.78, 5) is 4.23. The van der Waals surface area contributed by atoms with Crippen LogP contribution in [0, 0.1) is 0 Å². The van der Waals surface area contributed by atoms with Gasteiger partial charge in [0, 0.05) is 22.7 Å². The summed E-state index contributed by atoms with van der Waals surface area (Å²) >= 11 is 7.47. The van der Waals surface area contributed by atoms with Gasteiger partial charge in [-0.3, -0.25) is 0 Å². The van der Waals surface area contributed by atoms with Crippen molar-refractivity contribution in [3.63, 3.8) is 0 Å². The van der Waals surface area contributed by atoms with Crippen LogP contribution in [0.1, 0.15) is 5.56 Å². The Hall–Kier alpha value is -1.19. The van der Waals surface area contributed by atoms with Crippen molar-refractivity contribution >= 4 is 29.1 Å². The second-order valence-corrected chi connectivity index (χ2v) is 4.77. The van der Waals surface area contributed by atoms with E-state index in [4.69, 9.17) is 17.3 Å². The molecule has 0 aliphatic heterocycles. The van der Waals surface area contributed by atoms with Gasteiger partial charge in [-0.1, -0.05) is 23.7 Å². The van der Waals surface area contributed by atoms with Gasteiger partial charge in [0.1, 0.15) is 0 Å². The number of benzene rings is 1. The lowest BCUT2D eigenvalue weighted by Crippen LogP contribution is -1.87. The molecule has 0 amide bonds. The zero-order valence-corrected chi connectivity index (χ0v) is 10.1. The zero-order chi connectivity index (χ0) is 11.4. The third kappa shape index (κ3) is 3.15. The lowest BCUT2D eigenvalue weighted by molar-refractivity contribution is 1.13. The van der Waals surface area contributed by atoms with Gasteiger partial charge in [0.15, 0.2) is 0 Å². The molecule has 0 spiro atoms. The number of anilines is 1. The SMILES string of the molecule is Nc1ccnc(SCc2ccc(Cl)cc2)c1. The normalized spacial score (nSPS) is 10.3. The first-order valence-electron chi connectivity index (χ1n) is 4.83. The van der Waals surface area contributed by atoms with E-state index in [0.717, 1.165) is 21.5 Å². The Labute approximate surface area is 104 Å². The van der Waals surface area contributed by atoms with Crippen LogP contribution in [0.4, 0.5) is 5.69 Å². The highest BCUT2D eigenvalue weighted by Crippen LogP contribution is 2.22. The second-order valence-electron chi connectivity index (χ2n) is 3.34. The smallest absolute Gasteiger partial charge is 0.0983 e. The number of hydrogen-bond acceptors (Lipinski definition) is 3. The molecule has 0 aliphatic rings. The Kier molecular flexibility index (Phi) is 3.70. The maximum Gasteiger partial charge on any atom is 0.0983 e. The number of nitrogens with zero attached hydrogens (tertiary/aromatic N) is 1. The monoisotopic (exact) mass is 250 g/mol.